The topological polar surface area (TPSA) is 122 Å². The number of thiophene rings is 1. The zero-order valence-electron chi connectivity index (χ0n) is 21.0. The Morgan fingerprint density at radius 3 is 2.33 bits per heavy atom. The Labute approximate surface area is 233 Å². The van der Waals surface area contributed by atoms with Crippen molar-refractivity contribution >= 4 is 57.5 Å². The van der Waals surface area contributed by atoms with Crippen LogP contribution < -0.4 is 10.6 Å². The molecule has 1 heterocycles. The Bertz CT molecular complexity index is 1550. The fourth-order valence-corrected chi connectivity index (χ4v) is 5.47. The van der Waals surface area contributed by atoms with E-state index in [2.05, 4.69) is 10.6 Å². The number of carbonyl (C=O) groups is 4. The molecule has 0 fully saturated rings. The van der Waals surface area contributed by atoms with Crippen molar-refractivity contribution in [2.24, 2.45) is 0 Å². The first-order valence-corrected chi connectivity index (χ1v) is 13.6. The summed E-state index contributed by atoms with van der Waals surface area (Å²) in [5, 5.41) is 17.1. The van der Waals surface area contributed by atoms with Gasteiger partial charge in [-0.2, -0.15) is 0 Å². The van der Waals surface area contributed by atoms with E-state index in [-0.39, 0.29) is 22.8 Å². The fourth-order valence-electron chi connectivity index (χ4n) is 3.74. The molecular formula is C29H24N2O6S2. The Balaban J connectivity index is 1.43. The van der Waals surface area contributed by atoms with Gasteiger partial charge in [0.1, 0.15) is 10.6 Å². The first kappa shape index (κ1) is 27.6. The number of amides is 2. The molecule has 0 radical (unpaired) electrons. The predicted molar refractivity (Wildman–Crippen MR) is 153 cm³/mol. The number of carbonyl (C=O) groups excluding carboxylic acids is 3. The van der Waals surface area contributed by atoms with Gasteiger partial charge in [-0.15, -0.1) is 23.1 Å². The minimum Gasteiger partial charge on any atom is -0.478 e. The van der Waals surface area contributed by atoms with E-state index in [1.54, 1.807) is 36.4 Å². The third kappa shape index (κ3) is 6.73. The summed E-state index contributed by atoms with van der Waals surface area (Å²) >= 11 is 2.50. The second-order valence-corrected chi connectivity index (χ2v) is 10.3. The second-order valence-electron chi connectivity index (χ2n) is 8.38. The van der Waals surface area contributed by atoms with Crippen molar-refractivity contribution in [3.05, 3.63) is 100 Å². The molecule has 4 rings (SSSR count). The average molecular weight is 561 g/mol. The molecule has 198 valence electrons. The molecule has 8 nitrogen and oxygen atoms in total. The summed E-state index contributed by atoms with van der Waals surface area (Å²) in [5.74, 6) is -2.54. The van der Waals surface area contributed by atoms with Crippen molar-refractivity contribution in [2.45, 2.75) is 11.8 Å². The number of aromatic carboxylic acids is 1. The van der Waals surface area contributed by atoms with Gasteiger partial charge in [-0.05, 0) is 42.8 Å². The first-order valence-electron chi connectivity index (χ1n) is 11.7. The molecule has 0 saturated heterocycles. The second kappa shape index (κ2) is 12.4. The standard InChI is InChI=1S/C29H24N2O6S2/c1-17-10-12-18(13-11-17)23-15-39-27(25(23)29(36)37-2)31-24(32)16-38-20-7-5-6-19(14-20)30-26(33)21-8-3-4-9-22(21)28(34)35/h3-15H,16H2,1-2H3,(H,30,33)(H,31,32)(H,34,35). The highest BCUT2D eigenvalue weighted by atomic mass is 32.2. The van der Waals surface area contributed by atoms with E-state index in [1.165, 1.54) is 42.3 Å². The van der Waals surface area contributed by atoms with E-state index in [9.17, 15) is 24.3 Å². The lowest BCUT2D eigenvalue weighted by Gasteiger charge is -2.10. The average Bonchev–Trinajstić information content (AvgIpc) is 3.35. The molecule has 0 aliphatic carbocycles. The number of hydrogen-bond acceptors (Lipinski definition) is 7. The first-order chi connectivity index (χ1) is 18.8. The molecule has 1 aromatic heterocycles. The smallest absolute Gasteiger partial charge is 0.341 e. The lowest BCUT2D eigenvalue weighted by Crippen LogP contribution is -2.16. The van der Waals surface area contributed by atoms with E-state index >= 15 is 0 Å². The van der Waals surface area contributed by atoms with Crippen molar-refractivity contribution in [1.82, 2.24) is 0 Å². The number of aryl methyl sites for hydroxylation is 1. The van der Waals surface area contributed by atoms with Gasteiger partial charge >= 0.3 is 11.9 Å². The van der Waals surface area contributed by atoms with Crippen LogP contribution in [0.15, 0.2) is 83.1 Å². The number of esters is 1. The number of rotatable bonds is 9. The fraction of sp³-hybridized carbons (Fsp3) is 0.103. The number of anilines is 2. The van der Waals surface area contributed by atoms with Gasteiger partial charge in [0.2, 0.25) is 5.91 Å². The maximum Gasteiger partial charge on any atom is 0.341 e. The number of nitrogens with one attached hydrogen (secondary N) is 2. The van der Waals surface area contributed by atoms with Crippen LogP contribution in [-0.4, -0.2) is 41.7 Å². The molecule has 3 aromatic carbocycles. The molecule has 10 heteroatoms. The maximum atomic E-state index is 12.8. The molecule has 39 heavy (non-hydrogen) atoms. The van der Waals surface area contributed by atoms with Gasteiger partial charge in [-0.25, -0.2) is 9.59 Å². The molecule has 0 bridgehead atoms. The van der Waals surface area contributed by atoms with Gasteiger partial charge in [0.25, 0.3) is 5.91 Å². The summed E-state index contributed by atoms with van der Waals surface area (Å²) in [4.78, 5) is 50.2. The molecule has 0 spiro atoms. The van der Waals surface area contributed by atoms with Crippen LogP contribution in [0.25, 0.3) is 11.1 Å². The lowest BCUT2D eigenvalue weighted by atomic mass is 10.0. The van der Waals surface area contributed by atoms with Crippen molar-refractivity contribution in [1.29, 1.82) is 0 Å². The summed E-state index contributed by atoms with van der Waals surface area (Å²) in [6.07, 6.45) is 0. The predicted octanol–water partition coefficient (Wildman–Crippen LogP) is 6.19. The lowest BCUT2D eigenvalue weighted by molar-refractivity contribution is -0.113. The molecule has 2 amide bonds. The normalized spacial score (nSPS) is 10.5. The van der Waals surface area contributed by atoms with Crippen LogP contribution in [0.2, 0.25) is 0 Å². The highest BCUT2D eigenvalue weighted by Crippen LogP contribution is 2.36. The van der Waals surface area contributed by atoms with E-state index in [4.69, 9.17) is 4.74 Å². The Kier molecular flexibility index (Phi) is 8.80. The largest absolute Gasteiger partial charge is 0.478 e. The molecule has 0 atom stereocenters. The van der Waals surface area contributed by atoms with Crippen LogP contribution in [0.1, 0.15) is 36.6 Å². The zero-order chi connectivity index (χ0) is 27.9. The van der Waals surface area contributed by atoms with Gasteiger partial charge in [0.05, 0.1) is 24.0 Å². The van der Waals surface area contributed by atoms with Gasteiger partial charge in [0.15, 0.2) is 0 Å². The van der Waals surface area contributed by atoms with Crippen LogP contribution in [0.4, 0.5) is 10.7 Å². The third-order valence-corrected chi connectivity index (χ3v) is 7.55. The molecule has 3 N–H and O–H groups in total. The molecule has 0 unspecified atom stereocenters. The number of carboxylic acids is 1. The van der Waals surface area contributed by atoms with E-state index in [0.717, 1.165) is 11.1 Å². The van der Waals surface area contributed by atoms with E-state index < -0.39 is 17.8 Å². The molecule has 0 saturated carbocycles. The monoisotopic (exact) mass is 560 g/mol. The molecular weight excluding hydrogens is 536 g/mol. The summed E-state index contributed by atoms with van der Waals surface area (Å²) in [5.41, 5.74) is 3.33. The number of thioether (sulfide) groups is 1. The maximum absolute atomic E-state index is 12.8. The van der Waals surface area contributed by atoms with Gasteiger partial charge in [-0.3, -0.25) is 9.59 Å². The quantitative estimate of drug-likeness (QED) is 0.165. The van der Waals surface area contributed by atoms with Crippen LogP contribution in [0, 0.1) is 6.92 Å². The Morgan fingerprint density at radius 2 is 1.64 bits per heavy atom. The number of ether oxygens (including phenoxy) is 1. The summed E-state index contributed by atoms with van der Waals surface area (Å²) < 4.78 is 4.97. The molecule has 4 aromatic rings. The molecule has 0 aliphatic rings. The van der Waals surface area contributed by atoms with Gasteiger partial charge < -0.3 is 20.5 Å². The molecule has 0 aliphatic heterocycles. The number of hydrogen-bond donors (Lipinski definition) is 3. The number of carboxylic acid groups (broad SMARTS) is 1. The van der Waals surface area contributed by atoms with Crippen LogP contribution in [0.5, 0.6) is 0 Å². The number of methoxy groups -OCH3 is 1. The van der Waals surface area contributed by atoms with Crippen molar-refractivity contribution in [3.63, 3.8) is 0 Å². The van der Waals surface area contributed by atoms with Crippen molar-refractivity contribution in [3.8, 4) is 11.1 Å². The third-order valence-electron chi connectivity index (χ3n) is 5.66. The number of benzene rings is 3. The highest BCUT2D eigenvalue weighted by molar-refractivity contribution is 8.00. The SMILES string of the molecule is COC(=O)c1c(-c2ccc(C)cc2)csc1NC(=O)CSc1cccc(NC(=O)c2ccccc2C(=O)O)c1. The van der Waals surface area contributed by atoms with Crippen molar-refractivity contribution in [2.75, 3.05) is 23.5 Å². The minimum atomic E-state index is -1.19. The Morgan fingerprint density at radius 1 is 0.923 bits per heavy atom. The van der Waals surface area contributed by atoms with Crippen molar-refractivity contribution < 1.29 is 29.0 Å². The van der Waals surface area contributed by atoms with Gasteiger partial charge in [-0.1, -0.05) is 48.0 Å². The Hall–Kier alpha value is -4.41. The summed E-state index contributed by atoms with van der Waals surface area (Å²) in [6, 6.07) is 20.6. The van der Waals surface area contributed by atoms with Crippen LogP contribution in [-0.2, 0) is 9.53 Å². The van der Waals surface area contributed by atoms with Gasteiger partial charge in [0, 0.05) is 21.5 Å². The van der Waals surface area contributed by atoms with Crippen LogP contribution in [0.3, 0.4) is 0 Å². The summed E-state index contributed by atoms with van der Waals surface area (Å²) in [6.45, 7) is 1.98. The highest BCUT2D eigenvalue weighted by Gasteiger charge is 2.22. The minimum absolute atomic E-state index is 0.0461. The van der Waals surface area contributed by atoms with E-state index in [0.29, 0.717) is 26.7 Å². The van der Waals surface area contributed by atoms with E-state index in [1.807, 2.05) is 36.6 Å². The van der Waals surface area contributed by atoms with Crippen LogP contribution >= 0.6 is 23.1 Å². The summed E-state index contributed by atoms with van der Waals surface area (Å²) in [7, 11) is 1.30. The zero-order valence-corrected chi connectivity index (χ0v) is 22.7.